The molecule has 0 radical (unpaired) electrons. The standard InChI is InChI=1S/C8H11ClN2/c1-6(10)4-7-5-11-3-2-8(7)9/h2-3,5-6H,4,10H2,1H3. The van der Waals surface area contributed by atoms with Crippen molar-refractivity contribution in [2.45, 2.75) is 19.4 Å². The summed E-state index contributed by atoms with van der Waals surface area (Å²) in [4.78, 5) is 3.96. The molecule has 3 heteroatoms. The van der Waals surface area contributed by atoms with Gasteiger partial charge in [0.05, 0.1) is 0 Å². The molecule has 11 heavy (non-hydrogen) atoms. The van der Waals surface area contributed by atoms with Crippen LogP contribution in [0, 0.1) is 0 Å². The van der Waals surface area contributed by atoms with Crippen molar-refractivity contribution in [2.24, 2.45) is 5.73 Å². The molecule has 1 aromatic rings. The van der Waals surface area contributed by atoms with Crippen LogP contribution in [0.25, 0.3) is 0 Å². The van der Waals surface area contributed by atoms with E-state index in [1.807, 2.05) is 6.92 Å². The molecule has 60 valence electrons. The van der Waals surface area contributed by atoms with Crippen molar-refractivity contribution in [3.8, 4) is 0 Å². The lowest BCUT2D eigenvalue weighted by Crippen LogP contribution is -2.17. The molecule has 2 nitrogen and oxygen atoms in total. The Morgan fingerprint density at radius 3 is 3.00 bits per heavy atom. The molecule has 0 amide bonds. The van der Waals surface area contributed by atoms with Gasteiger partial charge in [-0.2, -0.15) is 0 Å². The fourth-order valence-electron chi connectivity index (χ4n) is 0.907. The topological polar surface area (TPSA) is 38.9 Å². The number of pyridine rings is 1. The maximum absolute atomic E-state index is 5.87. The summed E-state index contributed by atoms with van der Waals surface area (Å²) in [6, 6.07) is 1.91. The van der Waals surface area contributed by atoms with Gasteiger partial charge in [0.25, 0.3) is 0 Å². The molecular formula is C8H11ClN2. The number of hydrogen-bond acceptors (Lipinski definition) is 2. The number of nitrogens with two attached hydrogens (primary N) is 1. The van der Waals surface area contributed by atoms with E-state index >= 15 is 0 Å². The minimum atomic E-state index is 0.136. The highest BCUT2D eigenvalue weighted by atomic mass is 35.5. The Morgan fingerprint density at radius 2 is 2.45 bits per heavy atom. The number of halogens is 1. The highest BCUT2D eigenvalue weighted by molar-refractivity contribution is 6.31. The zero-order chi connectivity index (χ0) is 8.27. The summed E-state index contributed by atoms with van der Waals surface area (Å²) in [5, 5.41) is 0.748. The first kappa shape index (κ1) is 8.50. The van der Waals surface area contributed by atoms with Gasteiger partial charge >= 0.3 is 0 Å². The number of nitrogens with zero attached hydrogens (tertiary/aromatic N) is 1. The van der Waals surface area contributed by atoms with Gasteiger partial charge in [-0.05, 0) is 25.0 Å². The van der Waals surface area contributed by atoms with Crippen LogP contribution >= 0.6 is 11.6 Å². The SMILES string of the molecule is CC(N)Cc1cnccc1Cl. The zero-order valence-electron chi connectivity index (χ0n) is 6.42. The summed E-state index contributed by atoms with van der Waals surface area (Å²) in [6.45, 7) is 1.95. The van der Waals surface area contributed by atoms with Crippen molar-refractivity contribution in [2.75, 3.05) is 0 Å². The minimum Gasteiger partial charge on any atom is -0.328 e. The van der Waals surface area contributed by atoms with Crippen LogP contribution in [-0.4, -0.2) is 11.0 Å². The molecule has 1 heterocycles. The van der Waals surface area contributed by atoms with E-state index in [9.17, 15) is 0 Å². The normalized spacial score (nSPS) is 13.0. The van der Waals surface area contributed by atoms with E-state index in [0.717, 1.165) is 17.0 Å². The van der Waals surface area contributed by atoms with Crippen LogP contribution in [0.3, 0.4) is 0 Å². The maximum Gasteiger partial charge on any atom is 0.0469 e. The second-order valence-electron chi connectivity index (χ2n) is 2.65. The Morgan fingerprint density at radius 1 is 1.73 bits per heavy atom. The van der Waals surface area contributed by atoms with E-state index in [1.165, 1.54) is 0 Å². The molecule has 1 atom stereocenters. The fraction of sp³-hybridized carbons (Fsp3) is 0.375. The minimum absolute atomic E-state index is 0.136. The smallest absolute Gasteiger partial charge is 0.0469 e. The molecule has 0 spiro atoms. The Bertz CT molecular complexity index is 235. The van der Waals surface area contributed by atoms with Gasteiger partial charge in [0.2, 0.25) is 0 Å². The summed E-state index contributed by atoms with van der Waals surface area (Å²) in [7, 11) is 0. The van der Waals surface area contributed by atoms with Crippen LogP contribution in [0.1, 0.15) is 12.5 Å². The van der Waals surface area contributed by atoms with Gasteiger partial charge in [-0.15, -0.1) is 0 Å². The van der Waals surface area contributed by atoms with Gasteiger partial charge in [-0.25, -0.2) is 0 Å². The maximum atomic E-state index is 5.87. The first-order chi connectivity index (χ1) is 5.20. The third kappa shape index (κ3) is 2.48. The van der Waals surface area contributed by atoms with Gasteiger partial charge in [0, 0.05) is 23.5 Å². The molecule has 0 saturated heterocycles. The zero-order valence-corrected chi connectivity index (χ0v) is 7.17. The summed E-state index contributed by atoms with van der Waals surface area (Å²) in [5.41, 5.74) is 6.62. The molecule has 0 fully saturated rings. The van der Waals surface area contributed by atoms with E-state index in [2.05, 4.69) is 4.98 Å². The van der Waals surface area contributed by atoms with E-state index in [0.29, 0.717) is 0 Å². The van der Waals surface area contributed by atoms with E-state index in [-0.39, 0.29) is 6.04 Å². The molecule has 0 aliphatic rings. The van der Waals surface area contributed by atoms with Crippen molar-refractivity contribution in [1.29, 1.82) is 0 Å². The van der Waals surface area contributed by atoms with Crippen molar-refractivity contribution in [3.05, 3.63) is 29.0 Å². The summed E-state index contributed by atoms with van der Waals surface area (Å²) >= 11 is 5.87. The van der Waals surface area contributed by atoms with Gasteiger partial charge in [-0.3, -0.25) is 4.98 Å². The van der Waals surface area contributed by atoms with Gasteiger partial charge in [0.15, 0.2) is 0 Å². The number of aromatic nitrogens is 1. The lowest BCUT2D eigenvalue weighted by molar-refractivity contribution is 0.736. The van der Waals surface area contributed by atoms with Crippen molar-refractivity contribution in [1.82, 2.24) is 4.98 Å². The summed E-state index contributed by atoms with van der Waals surface area (Å²) < 4.78 is 0. The Labute approximate surface area is 71.4 Å². The predicted octanol–water partition coefficient (Wildman–Crippen LogP) is 1.62. The van der Waals surface area contributed by atoms with Crippen LogP contribution in [0.4, 0.5) is 0 Å². The Balaban J connectivity index is 2.78. The molecule has 1 rings (SSSR count). The fourth-order valence-corrected chi connectivity index (χ4v) is 1.09. The predicted molar refractivity (Wildman–Crippen MR) is 46.6 cm³/mol. The number of hydrogen-bond donors (Lipinski definition) is 1. The van der Waals surface area contributed by atoms with E-state index in [4.69, 9.17) is 17.3 Å². The first-order valence-electron chi connectivity index (χ1n) is 3.54. The third-order valence-corrected chi connectivity index (χ3v) is 1.75. The second kappa shape index (κ2) is 3.69. The van der Waals surface area contributed by atoms with Gasteiger partial charge in [0.1, 0.15) is 0 Å². The van der Waals surface area contributed by atoms with Crippen molar-refractivity contribution in [3.63, 3.8) is 0 Å². The molecular weight excluding hydrogens is 160 g/mol. The molecule has 0 bridgehead atoms. The van der Waals surface area contributed by atoms with Crippen LogP contribution in [0.15, 0.2) is 18.5 Å². The van der Waals surface area contributed by atoms with E-state index < -0.39 is 0 Å². The molecule has 0 aliphatic heterocycles. The Kier molecular flexibility index (Phi) is 2.85. The average Bonchev–Trinajstić information content (AvgIpc) is 1.93. The quantitative estimate of drug-likeness (QED) is 0.733. The second-order valence-corrected chi connectivity index (χ2v) is 3.06. The molecule has 1 aromatic heterocycles. The average molecular weight is 171 g/mol. The third-order valence-electron chi connectivity index (χ3n) is 1.39. The van der Waals surface area contributed by atoms with E-state index in [1.54, 1.807) is 18.5 Å². The molecule has 0 aliphatic carbocycles. The largest absolute Gasteiger partial charge is 0.328 e. The Hall–Kier alpha value is -0.600. The highest BCUT2D eigenvalue weighted by Gasteiger charge is 2.01. The van der Waals surface area contributed by atoms with Crippen LogP contribution in [0.2, 0.25) is 5.02 Å². The lowest BCUT2D eigenvalue weighted by Gasteiger charge is -2.05. The van der Waals surface area contributed by atoms with Crippen LogP contribution < -0.4 is 5.73 Å². The molecule has 2 N–H and O–H groups in total. The highest BCUT2D eigenvalue weighted by Crippen LogP contribution is 2.14. The van der Waals surface area contributed by atoms with Crippen LogP contribution in [-0.2, 0) is 6.42 Å². The molecule has 1 unspecified atom stereocenters. The van der Waals surface area contributed by atoms with Gasteiger partial charge < -0.3 is 5.73 Å². The molecule has 0 aromatic carbocycles. The van der Waals surface area contributed by atoms with Crippen LogP contribution in [0.5, 0.6) is 0 Å². The summed E-state index contributed by atoms with van der Waals surface area (Å²) in [6.07, 6.45) is 4.21. The molecule has 0 saturated carbocycles. The lowest BCUT2D eigenvalue weighted by atomic mass is 10.1. The summed E-state index contributed by atoms with van der Waals surface area (Å²) in [5.74, 6) is 0. The van der Waals surface area contributed by atoms with Crippen molar-refractivity contribution < 1.29 is 0 Å². The first-order valence-corrected chi connectivity index (χ1v) is 3.92. The monoisotopic (exact) mass is 170 g/mol. The van der Waals surface area contributed by atoms with Crippen molar-refractivity contribution >= 4 is 11.6 Å². The van der Waals surface area contributed by atoms with Gasteiger partial charge in [-0.1, -0.05) is 11.6 Å². The number of rotatable bonds is 2.